The molecule has 3 aromatic carbocycles. The van der Waals surface area contributed by atoms with Crippen molar-refractivity contribution >= 4 is 23.3 Å². The standard InChI is InChI=1S/2C17H23.C7H9Si.2C4H9.Hf/c2*1-6-13-7-15-9-14(11(2)3)10-16(12(4)5)17(15)8-13;1-8-7-5-3-2-4-6-7;2*1-3-4-2;/h2*7-12H,6H2,1-5H3;2-6,8H,1H3;2*1,3-4H2,2H3;. The second-order valence-corrected chi connectivity index (χ2v) is 63.7. The van der Waals surface area contributed by atoms with Gasteiger partial charge in [-0.25, -0.2) is 0 Å². The first-order valence-electron chi connectivity index (χ1n) is 21.3. The van der Waals surface area contributed by atoms with E-state index in [4.69, 9.17) is 0 Å². The molecule has 2 aliphatic carbocycles. The van der Waals surface area contributed by atoms with Gasteiger partial charge in [0, 0.05) is 0 Å². The van der Waals surface area contributed by atoms with Crippen molar-refractivity contribution in [2.24, 2.45) is 0 Å². The molecule has 2 aliphatic rings. The molecule has 0 bridgehead atoms. The summed E-state index contributed by atoms with van der Waals surface area (Å²) in [5.41, 5.74) is 16.7. The van der Waals surface area contributed by atoms with E-state index < -0.39 is 23.7 Å². The van der Waals surface area contributed by atoms with Crippen LogP contribution in [-0.4, -0.2) is 5.98 Å². The predicted octanol–water partition coefficient (Wildman–Crippen LogP) is 15.0. The molecule has 3 aromatic rings. The topological polar surface area (TPSA) is 0 Å². The van der Waals surface area contributed by atoms with Gasteiger partial charge in [0.2, 0.25) is 0 Å². The van der Waals surface area contributed by atoms with Crippen molar-refractivity contribution < 1.29 is 17.7 Å². The van der Waals surface area contributed by atoms with Crippen molar-refractivity contribution in [2.45, 2.75) is 168 Å². The summed E-state index contributed by atoms with van der Waals surface area (Å²) < 4.78 is 4.25. The van der Waals surface area contributed by atoms with Crippen molar-refractivity contribution in [1.29, 1.82) is 0 Å². The monoisotopic (exact) mass is 869 g/mol. The third-order valence-electron chi connectivity index (χ3n) is 14.1. The zero-order valence-corrected chi connectivity index (χ0v) is 39.8. The van der Waals surface area contributed by atoms with Gasteiger partial charge in [-0.15, -0.1) is 0 Å². The van der Waals surface area contributed by atoms with E-state index in [-0.39, 0.29) is 0 Å². The van der Waals surface area contributed by atoms with E-state index in [0.717, 1.165) is 0 Å². The van der Waals surface area contributed by atoms with Crippen LogP contribution >= 0.6 is 0 Å². The van der Waals surface area contributed by atoms with Crippen LogP contribution in [0, 0.1) is 0 Å². The van der Waals surface area contributed by atoms with Crippen molar-refractivity contribution in [3.63, 3.8) is 0 Å². The Morgan fingerprint density at radius 1 is 0.569 bits per heavy atom. The van der Waals surface area contributed by atoms with Crippen molar-refractivity contribution in [1.82, 2.24) is 0 Å². The maximum atomic E-state index is 2.91. The fourth-order valence-electron chi connectivity index (χ4n) is 11.4. The quantitative estimate of drug-likeness (QED) is 0.126. The molecule has 0 heterocycles. The van der Waals surface area contributed by atoms with Crippen LogP contribution in [0.5, 0.6) is 0 Å². The molecular formula is C49H73HfSi. The molecule has 0 fully saturated rings. The predicted molar refractivity (Wildman–Crippen MR) is 230 cm³/mol. The molecule has 3 atom stereocenters. The summed E-state index contributed by atoms with van der Waals surface area (Å²) in [6.45, 7) is 32.4. The molecule has 2 heteroatoms. The van der Waals surface area contributed by atoms with Gasteiger partial charge < -0.3 is 0 Å². The van der Waals surface area contributed by atoms with Gasteiger partial charge >= 0.3 is 319 Å². The fraction of sp³-hybridized carbons (Fsp3) is 0.551. The van der Waals surface area contributed by atoms with Crippen LogP contribution in [0.4, 0.5) is 0 Å². The van der Waals surface area contributed by atoms with Crippen LogP contribution in [0.3, 0.4) is 0 Å². The molecule has 5 rings (SSSR count). The van der Waals surface area contributed by atoms with Crippen molar-refractivity contribution in [2.75, 3.05) is 0 Å². The zero-order chi connectivity index (χ0) is 37.3. The van der Waals surface area contributed by atoms with Gasteiger partial charge in [0.25, 0.3) is 0 Å². The van der Waals surface area contributed by atoms with E-state index in [1.54, 1.807) is 60.8 Å². The van der Waals surface area contributed by atoms with E-state index in [2.05, 4.69) is 156 Å². The average Bonchev–Trinajstić information content (AvgIpc) is 3.71. The number of hydrogen-bond acceptors (Lipinski definition) is 0. The number of fused-ring (bicyclic) bond motifs is 2. The third-order valence-corrected chi connectivity index (χ3v) is 82.3. The molecular weight excluding hydrogens is 795 g/mol. The Bertz CT molecular complexity index is 1630. The van der Waals surface area contributed by atoms with Crippen LogP contribution < -0.4 is 5.19 Å². The van der Waals surface area contributed by atoms with E-state index in [9.17, 15) is 0 Å². The van der Waals surface area contributed by atoms with E-state index in [0.29, 0.717) is 31.0 Å². The summed E-state index contributed by atoms with van der Waals surface area (Å²) in [6.07, 6.45) is 13.2. The molecule has 3 unspecified atom stereocenters. The third kappa shape index (κ3) is 6.90. The van der Waals surface area contributed by atoms with Gasteiger partial charge in [0.05, 0.1) is 0 Å². The molecule has 0 radical (unpaired) electrons. The SMILES string of the molecule is CCC[CH2][Hf]([CH2]CCC)([CH]1C(CC)=Cc2c(C(C)C)cc(C(C)C)cc21)([CH]1C(CC)=Cc2c(C(C)C)cc(C(C)C)cc21)[SiH](C)c1ccccc1. The first kappa shape index (κ1) is 40.4. The van der Waals surface area contributed by atoms with Crippen LogP contribution in [-0.2, 0) is 17.7 Å². The maximum absolute atomic E-state index is 4.47. The van der Waals surface area contributed by atoms with Crippen LogP contribution in [0.1, 0.15) is 197 Å². The molecule has 0 saturated carbocycles. The molecule has 0 nitrogen and oxygen atoms in total. The summed E-state index contributed by atoms with van der Waals surface area (Å²) >= 11 is -4.47. The summed E-state index contributed by atoms with van der Waals surface area (Å²) in [7, 11) is 0. The average molecular weight is 869 g/mol. The Kier molecular flexibility index (Phi) is 12.9. The van der Waals surface area contributed by atoms with E-state index >= 15 is 0 Å². The molecule has 51 heavy (non-hydrogen) atoms. The van der Waals surface area contributed by atoms with Gasteiger partial charge in [0.15, 0.2) is 0 Å². The molecule has 0 amide bonds. The number of allylic oxidation sites excluding steroid dienone is 2. The molecule has 0 spiro atoms. The van der Waals surface area contributed by atoms with Crippen LogP contribution in [0.2, 0.25) is 14.9 Å². The van der Waals surface area contributed by atoms with Crippen molar-refractivity contribution in [3.05, 3.63) is 110 Å². The summed E-state index contributed by atoms with van der Waals surface area (Å²) in [4.78, 5) is 0. The van der Waals surface area contributed by atoms with Gasteiger partial charge in [0.1, 0.15) is 0 Å². The van der Waals surface area contributed by atoms with Gasteiger partial charge in [-0.2, -0.15) is 0 Å². The number of unbranched alkanes of at least 4 members (excludes halogenated alkanes) is 2. The van der Waals surface area contributed by atoms with Crippen LogP contribution in [0.25, 0.3) is 12.2 Å². The molecule has 0 N–H and O–H groups in total. The Morgan fingerprint density at radius 2 is 0.980 bits per heavy atom. The number of rotatable bonds is 16. The summed E-state index contributed by atoms with van der Waals surface area (Å²) in [5, 5.41) is 1.75. The first-order valence-corrected chi connectivity index (χ1v) is 39.0. The second-order valence-electron chi connectivity index (χ2n) is 18.2. The van der Waals surface area contributed by atoms with Gasteiger partial charge in [-0.3, -0.25) is 0 Å². The molecule has 0 aliphatic heterocycles. The zero-order valence-electron chi connectivity index (χ0n) is 35.0. The second kappa shape index (κ2) is 16.3. The Balaban J connectivity index is 2.07. The van der Waals surface area contributed by atoms with Crippen LogP contribution in [0.15, 0.2) is 65.7 Å². The van der Waals surface area contributed by atoms with E-state index in [1.807, 2.05) is 0 Å². The Hall–Kier alpha value is -1.77. The molecule has 277 valence electrons. The minimum atomic E-state index is -4.47. The first-order chi connectivity index (χ1) is 24.3. The van der Waals surface area contributed by atoms with Gasteiger partial charge in [-0.1, -0.05) is 0 Å². The summed E-state index contributed by atoms with van der Waals surface area (Å²) in [5.74, 6) is 0.520. The summed E-state index contributed by atoms with van der Waals surface area (Å²) in [6, 6.07) is 23.0. The fourth-order valence-corrected chi connectivity index (χ4v) is 87.4. The van der Waals surface area contributed by atoms with Crippen molar-refractivity contribution in [3.8, 4) is 0 Å². The normalized spacial score (nSPS) is 18.6. The number of hydrogen-bond donors (Lipinski definition) is 0. The Labute approximate surface area is 316 Å². The Morgan fingerprint density at radius 3 is 1.31 bits per heavy atom. The minimum absolute atomic E-state index is 0.516. The van der Waals surface area contributed by atoms with Gasteiger partial charge in [-0.05, 0) is 0 Å². The number of benzene rings is 3. The molecule has 0 saturated heterocycles. The molecule has 0 aromatic heterocycles. The van der Waals surface area contributed by atoms with E-state index in [1.165, 1.54) is 46.9 Å².